The number of hydrogen-bond acceptors (Lipinski definition) is 1. The van der Waals surface area contributed by atoms with Gasteiger partial charge in [0.25, 0.3) is 0 Å². The number of fused-ring (bicyclic) bond motifs is 3. The van der Waals surface area contributed by atoms with Gasteiger partial charge in [0, 0.05) is 12.2 Å². The van der Waals surface area contributed by atoms with Crippen LogP contribution >= 0.6 is 0 Å². The first-order valence-corrected chi connectivity index (χ1v) is 15.0. The molecule has 0 aliphatic carbocycles. The van der Waals surface area contributed by atoms with Crippen LogP contribution < -0.4 is 5.32 Å². The van der Waals surface area contributed by atoms with E-state index in [1.54, 1.807) is 0 Å². The van der Waals surface area contributed by atoms with Crippen LogP contribution in [0.3, 0.4) is 0 Å². The smallest absolute Gasteiger partial charge is 0.0419 e. The number of benzene rings is 7. The zero-order valence-corrected chi connectivity index (χ0v) is 24.1. The molecule has 0 bridgehead atoms. The predicted molar refractivity (Wildman–Crippen MR) is 185 cm³/mol. The van der Waals surface area contributed by atoms with E-state index in [1.165, 1.54) is 82.5 Å². The summed E-state index contributed by atoms with van der Waals surface area (Å²) in [5, 5.41) is 11.2. The van der Waals surface area contributed by atoms with Gasteiger partial charge in [0.05, 0.1) is 0 Å². The maximum atomic E-state index is 3.52. The summed E-state index contributed by atoms with van der Waals surface area (Å²) in [6.45, 7) is 3.03. The quantitative estimate of drug-likeness (QED) is 0.215. The monoisotopic (exact) mass is 549 g/mol. The topological polar surface area (TPSA) is 12.0 Å². The molecule has 0 saturated carbocycles. The van der Waals surface area contributed by atoms with Gasteiger partial charge >= 0.3 is 0 Å². The van der Waals surface area contributed by atoms with Crippen LogP contribution in [0.4, 0.5) is 0 Å². The molecule has 0 unspecified atom stereocenters. The van der Waals surface area contributed by atoms with Crippen molar-refractivity contribution in [2.75, 3.05) is 6.54 Å². The summed E-state index contributed by atoms with van der Waals surface area (Å²) in [5.41, 5.74) is 11.2. The highest BCUT2D eigenvalue weighted by atomic mass is 14.9. The van der Waals surface area contributed by atoms with Gasteiger partial charge in [0.1, 0.15) is 0 Å². The first-order valence-electron chi connectivity index (χ1n) is 15.0. The molecule has 204 valence electrons. The largest absolute Gasteiger partial charge is 0.381 e. The van der Waals surface area contributed by atoms with Gasteiger partial charge in [-0.05, 0) is 96.4 Å². The molecule has 0 spiro atoms. The molecule has 0 radical (unpaired) electrons. The molecule has 1 heteroatoms. The molecule has 0 amide bonds. The second-order valence-electron chi connectivity index (χ2n) is 11.4. The number of hydrogen-bond donors (Lipinski definition) is 1. The lowest BCUT2D eigenvalue weighted by atomic mass is 9.85. The van der Waals surface area contributed by atoms with Crippen molar-refractivity contribution in [3.05, 3.63) is 163 Å². The van der Waals surface area contributed by atoms with Crippen molar-refractivity contribution in [2.45, 2.75) is 6.92 Å². The molecule has 1 N–H and O–H groups in total. The zero-order valence-electron chi connectivity index (χ0n) is 24.1. The van der Waals surface area contributed by atoms with Crippen molar-refractivity contribution in [1.82, 2.24) is 5.32 Å². The third-order valence-electron chi connectivity index (χ3n) is 8.74. The highest BCUT2D eigenvalue weighted by Gasteiger charge is 2.17. The highest BCUT2D eigenvalue weighted by molar-refractivity contribution is 6.21. The molecule has 0 aromatic heterocycles. The van der Waals surface area contributed by atoms with Gasteiger partial charge in [-0.2, -0.15) is 0 Å². The summed E-state index contributed by atoms with van der Waals surface area (Å²) in [7, 11) is 0. The summed E-state index contributed by atoms with van der Waals surface area (Å²) >= 11 is 0. The van der Waals surface area contributed by atoms with Crippen molar-refractivity contribution in [2.24, 2.45) is 0 Å². The van der Waals surface area contributed by atoms with Crippen LogP contribution in [0.1, 0.15) is 12.5 Å². The maximum absolute atomic E-state index is 3.52. The Morgan fingerprint density at radius 2 is 1.00 bits per heavy atom. The molecule has 1 aliphatic heterocycles. The summed E-state index contributed by atoms with van der Waals surface area (Å²) < 4.78 is 0. The van der Waals surface area contributed by atoms with Crippen LogP contribution in [0.2, 0.25) is 0 Å². The van der Waals surface area contributed by atoms with E-state index in [-0.39, 0.29) is 0 Å². The van der Waals surface area contributed by atoms with E-state index in [0.29, 0.717) is 0 Å². The molecular formula is C42H31N. The maximum Gasteiger partial charge on any atom is 0.0419 e. The lowest BCUT2D eigenvalue weighted by molar-refractivity contribution is 0.981. The Hall–Kier alpha value is -5.40. The molecule has 1 aliphatic rings. The van der Waals surface area contributed by atoms with E-state index in [9.17, 15) is 0 Å². The molecule has 1 nitrogen and oxygen atoms in total. The fraction of sp³-hybridized carbons (Fsp3) is 0.0476. The van der Waals surface area contributed by atoms with Crippen LogP contribution in [0.25, 0.3) is 71.4 Å². The van der Waals surface area contributed by atoms with Gasteiger partial charge in [-0.25, -0.2) is 0 Å². The summed E-state index contributed by atoms with van der Waals surface area (Å²) in [5.74, 6) is 0. The Morgan fingerprint density at radius 3 is 1.67 bits per heavy atom. The van der Waals surface area contributed by atoms with Gasteiger partial charge < -0.3 is 5.32 Å². The van der Waals surface area contributed by atoms with Crippen molar-refractivity contribution in [3.8, 4) is 33.4 Å². The van der Waals surface area contributed by atoms with Crippen molar-refractivity contribution < 1.29 is 0 Å². The normalized spacial score (nSPS) is 13.1. The first-order chi connectivity index (χ1) is 21.2. The third kappa shape index (κ3) is 4.51. The average Bonchev–Trinajstić information content (AvgIpc) is 3.07. The lowest BCUT2D eigenvalue weighted by Gasteiger charge is -2.18. The Labute approximate surface area is 252 Å². The van der Waals surface area contributed by atoms with Crippen molar-refractivity contribution in [3.63, 3.8) is 0 Å². The Morgan fingerprint density at radius 1 is 0.442 bits per heavy atom. The van der Waals surface area contributed by atoms with E-state index in [1.807, 2.05) is 0 Å². The third-order valence-corrected chi connectivity index (χ3v) is 8.74. The van der Waals surface area contributed by atoms with Gasteiger partial charge in [-0.1, -0.05) is 139 Å². The van der Waals surface area contributed by atoms with Gasteiger partial charge in [-0.3, -0.25) is 0 Å². The minimum absolute atomic E-state index is 0.873. The van der Waals surface area contributed by atoms with E-state index in [4.69, 9.17) is 0 Å². The van der Waals surface area contributed by atoms with Gasteiger partial charge in [0.15, 0.2) is 0 Å². The van der Waals surface area contributed by atoms with E-state index in [2.05, 4.69) is 164 Å². The van der Waals surface area contributed by atoms with E-state index in [0.717, 1.165) is 6.54 Å². The first kappa shape index (κ1) is 25.3. The fourth-order valence-electron chi connectivity index (χ4n) is 6.64. The number of rotatable bonds is 4. The zero-order chi connectivity index (χ0) is 28.8. The van der Waals surface area contributed by atoms with Crippen LogP contribution in [-0.4, -0.2) is 6.54 Å². The van der Waals surface area contributed by atoms with E-state index >= 15 is 0 Å². The summed E-state index contributed by atoms with van der Waals surface area (Å²) in [4.78, 5) is 0. The average molecular weight is 550 g/mol. The molecule has 0 fully saturated rings. The lowest BCUT2D eigenvalue weighted by Crippen LogP contribution is -2.15. The highest BCUT2D eigenvalue weighted by Crippen LogP contribution is 2.44. The van der Waals surface area contributed by atoms with Crippen LogP contribution in [0.5, 0.6) is 0 Å². The molecule has 43 heavy (non-hydrogen) atoms. The SMILES string of the molecule is CC1=CCNC(c2cccc(-c3ccc(-c4c5ccccc5c(-c5ccc6ccccc6c5)c5ccccc45)cc3)c2)=C1. The van der Waals surface area contributed by atoms with Crippen LogP contribution in [-0.2, 0) is 0 Å². The molecule has 0 saturated heterocycles. The van der Waals surface area contributed by atoms with Gasteiger partial charge in [-0.15, -0.1) is 0 Å². The Balaban J connectivity index is 1.27. The second-order valence-corrected chi connectivity index (χ2v) is 11.4. The molecule has 7 aromatic carbocycles. The number of dihydropyridines is 1. The molecule has 8 rings (SSSR count). The van der Waals surface area contributed by atoms with Crippen LogP contribution in [0.15, 0.2) is 157 Å². The Kier molecular flexibility index (Phi) is 6.16. The van der Waals surface area contributed by atoms with Crippen molar-refractivity contribution >= 4 is 38.0 Å². The second kappa shape index (κ2) is 10.5. The summed E-state index contributed by atoms with van der Waals surface area (Å²) in [6, 6.07) is 51.2. The van der Waals surface area contributed by atoms with Crippen LogP contribution in [0, 0.1) is 0 Å². The minimum Gasteiger partial charge on any atom is -0.381 e. The molecule has 7 aromatic rings. The van der Waals surface area contributed by atoms with Crippen molar-refractivity contribution in [1.29, 1.82) is 0 Å². The number of nitrogens with one attached hydrogen (secondary N) is 1. The molecule has 0 atom stereocenters. The predicted octanol–water partition coefficient (Wildman–Crippen LogP) is 11.0. The molecular weight excluding hydrogens is 518 g/mol. The standard InChI is InChI=1S/C42H31N/c1-28-23-24-43-40(25-28)34-12-8-11-33(26-34)30-17-20-31(21-18-30)41-36-13-4-6-15-38(36)42(39-16-7-5-14-37(39)41)35-22-19-29-9-2-3-10-32(29)27-35/h2-23,25-27,43H,24H2,1H3. The number of allylic oxidation sites excluding steroid dienone is 2. The van der Waals surface area contributed by atoms with Gasteiger partial charge in [0.2, 0.25) is 0 Å². The molecule has 1 heterocycles. The summed E-state index contributed by atoms with van der Waals surface area (Å²) in [6.07, 6.45) is 4.44. The Bertz CT molecular complexity index is 2170. The fourth-order valence-corrected chi connectivity index (χ4v) is 6.64. The minimum atomic E-state index is 0.873. The van der Waals surface area contributed by atoms with E-state index < -0.39 is 0 Å².